The van der Waals surface area contributed by atoms with Crippen molar-refractivity contribution in [3.05, 3.63) is 161 Å². The molecule has 1 N–H and O–H groups in total. The maximum absolute atomic E-state index is 13.7. The highest BCUT2D eigenvalue weighted by molar-refractivity contribution is 5.87. The molecule has 0 unspecified atom stereocenters. The Balaban J connectivity index is 1.34. The number of carbonyl (C=O) groups is 1. The van der Waals surface area contributed by atoms with Crippen molar-refractivity contribution in [3.63, 3.8) is 0 Å². The Morgan fingerprint density at radius 2 is 1.65 bits per heavy atom. The van der Waals surface area contributed by atoms with E-state index in [1.165, 1.54) is 12.1 Å². The predicted octanol–water partition coefficient (Wildman–Crippen LogP) is 7.69. The summed E-state index contributed by atoms with van der Waals surface area (Å²) in [5.74, 6) is 0.634. The third-order valence-corrected chi connectivity index (χ3v) is 8.11. The molecule has 0 fully saturated rings. The van der Waals surface area contributed by atoms with Crippen LogP contribution < -0.4 is 14.8 Å². The van der Waals surface area contributed by atoms with Crippen molar-refractivity contribution in [3.8, 4) is 11.5 Å². The molecule has 7 heteroatoms. The van der Waals surface area contributed by atoms with Gasteiger partial charge in [-0.1, -0.05) is 72.8 Å². The van der Waals surface area contributed by atoms with Crippen LogP contribution in [0.4, 0.5) is 4.39 Å². The summed E-state index contributed by atoms with van der Waals surface area (Å²) in [4.78, 5) is 17.9. The molecule has 6 rings (SSSR count). The van der Waals surface area contributed by atoms with E-state index in [0.29, 0.717) is 37.6 Å². The molecule has 2 heterocycles. The molecule has 0 aliphatic rings. The zero-order valence-electron chi connectivity index (χ0n) is 25.7. The van der Waals surface area contributed by atoms with Crippen molar-refractivity contribution in [2.45, 2.75) is 31.9 Å². The van der Waals surface area contributed by atoms with Crippen LogP contribution >= 0.6 is 0 Å². The molecule has 1 atom stereocenters. The molecule has 0 saturated carbocycles. The Hall–Kier alpha value is -5.43. The van der Waals surface area contributed by atoms with Gasteiger partial charge in [0.1, 0.15) is 12.4 Å². The van der Waals surface area contributed by atoms with Crippen LogP contribution in [-0.2, 0) is 24.4 Å². The minimum Gasteiger partial charge on any atom is -0.493 e. The highest BCUT2D eigenvalue weighted by atomic mass is 19.1. The summed E-state index contributed by atoms with van der Waals surface area (Å²) in [6.07, 6.45) is 4.76. The standard InChI is InChI=1S/C39H36FN3O3/c1-45-37-19-16-30(23-38(37)46-27-29-9-3-2-4-10-29)34(24-39(44)42-22-20-32-11-7-8-21-41-32)35-26-43(36-13-6-5-12-33(35)36)25-28-14-17-31(40)18-15-28/h2-19,21,23,26,34H,20,22,24-25,27H2,1H3,(H,42,44)/t34-/m1/s1. The fourth-order valence-electron chi connectivity index (χ4n) is 5.77. The second-order valence-corrected chi connectivity index (χ2v) is 11.2. The fraction of sp³-hybridized carbons (Fsp3) is 0.179. The molecule has 232 valence electrons. The van der Waals surface area contributed by atoms with Crippen molar-refractivity contribution < 1.29 is 18.7 Å². The SMILES string of the molecule is COc1ccc([C@@H](CC(=O)NCCc2ccccn2)c2cn(Cc3ccc(F)cc3)c3ccccc23)cc1OCc1ccccc1. The van der Waals surface area contributed by atoms with Crippen molar-refractivity contribution in [2.24, 2.45) is 0 Å². The van der Waals surface area contributed by atoms with Crippen LogP contribution in [0, 0.1) is 5.82 Å². The maximum Gasteiger partial charge on any atom is 0.220 e. The Bertz CT molecular complexity index is 1890. The van der Waals surface area contributed by atoms with Crippen molar-refractivity contribution in [1.82, 2.24) is 14.9 Å². The molecule has 6 nitrogen and oxygen atoms in total. The normalized spacial score (nSPS) is 11.7. The summed E-state index contributed by atoms with van der Waals surface area (Å²) >= 11 is 0. The lowest BCUT2D eigenvalue weighted by molar-refractivity contribution is -0.121. The zero-order valence-corrected chi connectivity index (χ0v) is 25.7. The lowest BCUT2D eigenvalue weighted by Gasteiger charge is -2.20. The van der Waals surface area contributed by atoms with E-state index in [0.717, 1.165) is 38.9 Å². The summed E-state index contributed by atoms with van der Waals surface area (Å²) < 4.78 is 27.8. The Kier molecular flexibility index (Phi) is 9.69. The lowest BCUT2D eigenvalue weighted by Crippen LogP contribution is -2.27. The monoisotopic (exact) mass is 613 g/mol. The molecular weight excluding hydrogens is 577 g/mol. The smallest absolute Gasteiger partial charge is 0.220 e. The van der Waals surface area contributed by atoms with Gasteiger partial charge >= 0.3 is 0 Å². The van der Waals surface area contributed by atoms with E-state index in [4.69, 9.17) is 9.47 Å². The first-order chi connectivity index (χ1) is 22.6. The Labute approximate surface area is 268 Å². The number of halogens is 1. The molecule has 46 heavy (non-hydrogen) atoms. The molecule has 0 aliphatic carbocycles. The van der Waals surface area contributed by atoms with Gasteiger partial charge in [-0.2, -0.15) is 0 Å². The summed E-state index contributed by atoms with van der Waals surface area (Å²) in [7, 11) is 1.62. The summed E-state index contributed by atoms with van der Waals surface area (Å²) in [6, 6.07) is 36.4. The van der Waals surface area contributed by atoms with Crippen molar-refractivity contribution in [2.75, 3.05) is 13.7 Å². The zero-order chi connectivity index (χ0) is 31.7. The number of pyridine rings is 1. The molecule has 0 bridgehead atoms. The first-order valence-corrected chi connectivity index (χ1v) is 15.4. The average Bonchev–Trinajstić information content (AvgIpc) is 3.46. The number of hydrogen-bond donors (Lipinski definition) is 1. The van der Waals surface area contributed by atoms with Gasteiger partial charge in [-0.25, -0.2) is 4.39 Å². The fourth-order valence-corrected chi connectivity index (χ4v) is 5.77. The lowest BCUT2D eigenvalue weighted by atomic mass is 9.87. The van der Waals surface area contributed by atoms with Gasteiger partial charge in [-0.15, -0.1) is 0 Å². The topological polar surface area (TPSA) is 65.4 Å². The number of nitrogens with one attached hydrogen (secondary N) is 1. The van der Waals surface area contributed by atoms with E-state index in [-0.39, 0.29) is 24.1 Å². The van der Waals surface area contributed by atoms with E-state index in [1.807, 2.05) is 78.9 Å². The molecule has 2 aromatic heterocycles. The molecule has 0 aliphatic heterocycles. The molecule has 0 saturated heterocycles. The van der Waals surface area contributed by atoms with Gasteiger partial charge in [0.15, 0.2) is 11.5 Å². The highest BCUT2D eigenvalue weighted by Gasteiger charge is 2.24. The number of amides is 1. The number of aromatic nitrogens is 2. The van der Waals surface area contributed by atoms with Crippen molar-refractivity contribution >= 4 is 16.8 Å². The Morgan fingerprint density at radius 3 is 2.43 bits per heavy atom. The number of ether oxygens (including phenoxy) is 2. The number of methoxy groups -OCH3 is 1. The van der Waals surface area contributed by atoms with Crippen LogP contribution in [0.3, 0.4) is 0 Å². The quantitative estimate of drug-likeness (QED) is 0.145. The molecular formula is C39H36FN3O3. The van der Waals surface area contributed by atoms with E-state index >= 15 is 0 Å². The second kappa shape index (κ2) is 14.6. The van der Waals surface area contributed by atoms with Crippen LogP contribution in [0.25, 0.3) is 10.9 Å². The van der Waals surface area contributed by atoms with Gasteiger partial charge in [-0.05, 0) is 64.7 Å². The first kappa shape index (κ1) is 30.6. The van der Waals surface area contributed by atoms with E-state index in [2.05, 4.69) is 33.2 Å². The largest absolute Gasteiger partial charge is 0.493 e. The predicted molar refractivity (Wildman–Crippen MR) is 179 cm³/mol. The third-order valence-electron chi connectivity index (χ3n) is 8.11. The summed E-state index contributed by atoms with van der Waals surface area (Å²) in [6.45, 7) is 1.44. The van der Waals surface area contributed by atoms with E-state index in [9.17, 15) is 9.18 Å². The van der Waals surface area contributed by atoms with E-state index < -0.39 is 0 Å². The van der Waals surface area contributed by atoms with Gasteiger partial charge in [0.2, 0.25) is 5.91 Å². The van der Waals surface area contributed by atoms with Crippen LogP contribution in [0.2, 0.25) is 0 Å². The van der Waals surface area contributed by atoms with Gasteiger partial charge in [0, 0.05) is 60.8 Å². The first-order valence-electron chi connectivity index (χ1n) is 15.4. The second-order valence-electron chi connectivity index (χ2n) is 11.2. The molecule has 0 spiro atoms. The van der Waals surface area contributed by atoms with Crippen LogP contribution in [0.5, 0.6) is 11.5 Å². The van der Waals surface area contributed by atoms with Gasteiger partial charge in [0.25, 0.3) is 0 Å². The molecule has 4 aromatic carbocycles. The van der Waals surface area contributed by atoms with Gasteiger partial charge < -0.3 is 19.4 Å². The number of benzene rings is 4. The minimum absolute atomic E-state index is 0.0566. The molecule has 6 aromatic rings. The van der Waals surface area contributed by atoms with Crippen LogP contribution in [-0.4, -0.2) is 29.1 Å². The van der Waals surface area contributed by atoms with Gasteiger partial charge in [0.05, 0.1) is 7.11 Å². The van der Waals surface area contributed by atoms with Crippen LogP contribution in [0.1, 0.15) is 40.3 Å². The van der Waals surface area contributed by atoms with Crippen molar-refractivity contribution in [1.29, 1.82) is 0 Å². The van der Waals surface area contributed by atoms with Crippen LogP contribution in [0.15, 0.2) is 128 Å². The highest BCUT2D eigenvalue weighted by Crippen LogP contribution is 2.39. The minimum atomic E-state index is -0.279. The summed E-state index contributed by atoms with van der Waals surface area (Å²) in [5, 5.41) is 4.16. The molecule has 1 amide bonds. The number of para-hydroxylation sites is 1. The number of nitrogens with zero attached hydrogens (tertiary/aromatic N) is 2. The number of fused-ring (bicyclic) bond motifs is 1. The number of hydrogen-bond acceptors (Lipinski definition) is 4. The number of carbonyl (C=O) groups excluding carboxylic acids is 1. The molecule has 0 radical (unpaired) electrons. The average molecular weight is 614 g/mol. The third kappa shape index (κ3) is 7.44. The summed E-state index contributed by atoms with van der Waals surface area (Å²) in [5.41, 5.74) is 5.96. The van der Waals surface area contributed by atoms with E-state index in [1.54, 1.807) is 25.4 Å². The Morgan fingerprint density at radius 1 is 0.870 bits per heavy atom. The number of rotatable bonds is 13. The van der Waals surface area contributed by atoms with Gasteiger partial charge in [-0.3, -0.25) is 9.78 Å². The maximum atomic E-state index is 13.7.